The third kappa shape index (κ3) is 4.05. The molecule has 6 nitrogen and oxygen atoms in total. The molecule has 0 bridgehead atoms. The molecule has 2 atom stereocenters. The van der Waals surface area contributed by atoms with Crippen molar-refractivity contribution in [3.63, 3.8) is 0 Å². The summed E-state index contributed by atoms with van der Waals surface area (Å²) in [6.07, 6.45) is 1.11. The third-order valence-corrected chi connectivity index (χ3v) is 3.49. The number of carbonyl (C=O) groups is 3. The molecular weight excluding hydrogens is 270 g/mol. The third-order valence-electron chi connectivity index (χ3n) is 3.49. The Balaban J connectivity index is 2.00. The summed E-state index contributed by atoms with van der Waals surface area (Å²) in [7, 11) is 0. The van der Waals surface area contributed by atoms with Gasteiger partial charge in [-0.1, -0.05) is 29.8 Å². The Kier molecular flexibility index (Phi) is 4.57. The van der Waals surface area contributed by atoms with Crippen molar-refractivity contribution in [1.29, 1.82) is 0 Å². The van der Waals surface area contributed by atoms with Crippen LogP contribution in [-0.2, 0) is 20.8 Å². The van der Waals surface area contributed by atoms with Gasteiger partial charge in [0.15, 0.2) is 0 Å². The molecule has 112 valence electrons. The standard InChI is InChI=1S/C15H19N3O3/c1-9-3-2-4-10(7-9)8-12(14(16)20)18-15(21)11-5-6-13(19)17-11/h2-4,7,11-12H,5-6,8H2,1H3,(H2,16,20)(H,17,19)(H,18,21)/t11-,12-/m1/s1. The van der Waals surface area contributed by atoms with Crippen LogP contribution in [0.2, 0.25) is 0 Å². The van der Waals surface area contributed by atoms with Crippen molar-refractivity contribution >= 4 is 17.7 Å². The summed E-state index contributed by atoms with van der Waals surface area (Å²) < 4.78 is 0. The van der Waals surface area contributed by atoms with Crippen molar-refractivity contribution in [2.45, 2.75) is 38.3 Å². The van der Waals surface area contributed by atoms with E-state index >= 15 is 0 Å². The molecule has 4 N–H and O–H groups in total. The number of primary amides is 1. The molecule has 0 radical (unpaired) electrons. The van der Waals surface area contributed by atoms with Gasteiger partial charge in [-0.2, -0.15) is 0 Å². The van der Waals surface area contributed by atoms with Gasteiger partial charge < -0.3 is 16.4 Å². The fourth-order valence-corrected chi connectivity index (χ4v) is 2.38. The van der Waals surface area contributed by atoms with Crippen LogP contribution in [0.3, 0.4) is 0 Å². The van der Waals surface area contributed by atoms with Crippen molar-refractivity contribution in [3.05, 3.63) is 35.4 Å². The summed E-state index contributed by atoms with van der Waals surface area (Å²) >= 11 is 0. The Morgan fingerprint density at radius 2 is 2.24 bits per heavy atom. The summed E-state index contributed by atoms with van der Waals surface area (Å²) in [5.41, 5.74) is 7.36. The van der Waals surface area contributed by atoms with Gasteiger partial charge >= 0.3 is 0 Å². The molecule has 0 spiro atoms. The second-order valence-electron chi connectivity index (χ2n) is 5.32. The van der Waals surface area contributed by atoms with Gasteiger partial charge in [0.1, 0.15) is 12.1 Å². The molecule has 1 saturated heterocycles. The average Bonchev–Trinajstić information content (AvgIpc) is 2.84. The molecule has 0 aromatic heterocycles. The maximum atomic E-state index is 12.0. The van der Waals surface area contributed by atoms with Crippen LogP contribution in [0.4, 0.5) is 0 Å². The van der Waals surface area contributed by atoms with Crippen molar-refractivity contribution in [2.75, 3.05) is 0 Å². The molecule has 2 rings (SSSR count). The minimum Gasteiger partial charge on any atom is -0.368 e. The number of hydrogen-bond acceptors (Lipinski definition) is 3. The number of carbonyl (C=O) groups excluding carboxylic acids is 3. The first-order valence-corrected chi connectivity index (χ1v) is 6.90. The lowest BCUT2D eigenvalue weighted by molar-refractivity contribution is -0.129. The lowest BCUT2D eigenvalue weighted by Gasteiger charge is -2.18. The zero-order chi connectivity index (χ0) is 15.4. The highest BCUT2D eigenvalue weighted by atomic mass is 16.2. The van der Waals surface area contributed by atoms with Gasteiger partial charge in [0.25, 0.3) is 0 Å². The van der Waals surface area contributed by atoms with Crippen LogP contribution in [0.1, 0.15) is 24.0 Å². The summed E-state index contributed by atoms with van der Waals surface area (Å²) in [6, 6.07) is 6.32. The van der Waals surface area contributed by atoms with Crippen molar-refractivity contribution < 1.29 is 14.4 Å². The number of aryl methyl sites for hydroxylation is 1. The smallest absolute Gasteiger partial charge is 0.243 e. The van der Waals surface area contributed by atoms with E-state index in [-0.39, 0.29) is 11.8 Å². The van der Waals surface area contributed by atoms with Gasteiger partial charge in [0.2, 0.25) is 17.7 Å². The Hall–Kier alpha value is -2.37. The Labute approximate surface area is 123 Å². The molecule has 6 heteroatoms. The van der Waals surface area contributed by atoms with Crippen LogP contribution < -0.4 is 16.4 Å². The van der Waals surface area contributed by atoms with Gasteiger partial charge in [-0.25, -0.2) is 0 Å². The molecule has 3 amide bonds. The fourth-order valence-electron chi connectivity index (χ4n) is 2.38. The highest BCUT2D eigenvalue weighted by Crippen LogP contribution is 2.09. The second kappa shape index (κ2) is 6.39. The zero-order valence-corrected chi connectivity index (χ0v) is 11.9. The van der Waals surface area contributed by atoms with E-state index in [2.05, 4.69) is 10.6 Å². The van der Waals surface area contributed by atoms with Gasteiger partial charge in [0.05, 0.1) is 0 Å². The van der Waals surface area contributed by atoms with Crippen molar-refractivity contribution in [3.8, 4) is 0 Å². The van der Waals surface area contributed by atoms with E-state index in [9.17, 15) is 14.4 Å². The van der Waals surface area contributed by atoms with Crippen molar-refractivity contribution in [1.82, 2.24) is 10.6 Å². The Bertz CT molecular complexity index is 571. The number of hydrogen-bond donors (Lipinski definition) is 3. The summed E-state index contributed by atoms with van der Waals surface area (Å²) in [6.45, 7) is 1.95. The van der Waals surface area contributed by atoms with Crippen LogP contribution in [0.25, 0.3) is 0 Å². The van der Waals surface area contributed by atoms with Gasteiger partial charge in [-0.15, -0.1) is 0 Å². The predicted octanol–water partition coefficient (Wildman–Crippen LogP) is -0.214. The second-order valence-corrected chi connectivity index (χ2v) is 5.32. The maximum absolute atomic E-state index is 12.0. The van der Waals surface area contributed by atoms with Gasteiger partial charge in [0, 0.05) is 12.8 Å². The Morgan fingerprint density at radius 1 is 1.48 bits per heavy atom. The van der Waals surface area contributed by atoms with E-state index < -0.39 is 18.0 Å². The molecule has 0 saturated carbocycles. The SMILES string of the molecule is Cc1cccc(C[C@@H](NC(=O)[C@H]2CCC(=O)N2)C(N)=O)c1. The average molecular weight is 289 g/mol. The molecule has 1 aliphatic rings. The first kappa shape index (κ1) is 15.0. The van der Waals surface area contributed by atoms with E-state index in [0.29, 0.717) is 19.3 Å². The van der Waals surface area contributed by atoms with E-state index in [1.54, 1.807) is 0 Å². The lowest BCUT2D eigenvalue weighted by Crippen LogP contribution is -2.51. The predicted molar refractivity (Wildman–Crippen MR) is 77.2 cm³/mol. The number of benzene rings is 1. The van der Waals surface area contributed by atoms with Crippen molar-refractivity contribution in [2.24, 2.45) is 5.73 Å². The van der Waals surface area contributed by atoms with E-state index in [4.69, 9.17) is 5.73 Å². The first-order chi connectivity index (χ1) is 9.95. The summed E-state index contributed by atoms with van der Waals surface area (Å²) in [5, 5.41) is 5.19. The van der Waals surface area contributed by atoms with E-state index in [1.165, 1.54) is 0 Å². The normalized spacial score (nSPS) is 18.9. The highest BCUT2D eigenvalue weighted by molar-refractivity contribution is 5.93. The van der Waals surface area contributed by atoms with Crippen LogP contribution in [-0.4, -0.2) is 29.8 Å². The molecule has 1 aliphatic heterocycles. The molecule has 1 aromatic carbocycles. The number of rotatable bonds is 5. The molecule has 21 heavy (non-hydrogen) atoms. The quantitative estimate of drug-likeness (QED) is 0.699. The van der Waals surface area contributed by atoms with Gasteiger partial charge in [-0.05, 0) is 18.9 Å². The van der Waals surface area contributed by atoms with Crippen LogP contribution >= 0.6 is 0 Å². The highest BCUT2D eigenvalue weighted by Gasteiger charge is 2.29. The maximum Gasteiger partial charge on any atom is 0.243 e. The number of nitrogens with two attached hydrogens (primary N) is 1. The number of amides is 3. The van der Waals surface area contributed by atoms with E-state index in [0.717, 1.165) is 11.1 Å². The summed E-state index contributed by atoms with van der Waals surface area (Å²) in [4.78, 5) is 34.7. The molecule has 1 fully saturated rings. The topological polar surface area (TPSA) is 101 Å². The first-order valence-electron chi connectivity index (χ1n) is 6.90. The van der Waals surface area contributed by atoms with Crippen LogP contribution in [0.5, 0.6) is 0 Å². The minimum absolute atomic E-state index is 0.149. The monoisotopic (exact) mass is 289 g/mol. The fraction of sp³-hybridized carbons (Fsp3) is 0.400. The zero-order valence-electron chi connectivity index (χ0n) is 11.9. The molecule has 1 heterocycles. The van der Waals surface area contributed by atoms with E-state index in [1.807, 2.05) is 31.2 Å². The molecule has 0 aliphatic carbocycles. The Morgan fingerprint density at radius 3 is 2.81 bits per heavy atom. The molecule has 1 aromatic rings. The molecule has 0 unspecified atom stereocenters. The lowest BCUT2D eigenvalue weighted by atomic mass is 10.0. The minimum atomic E-state index is -0.781. The molecular formula is C15H19N3O3. The van der Waals surface area contributed by atoms with Gasteiger partial charge in [-0.3, -0.25) is 14.4 Å². The van der Waals surface area contributed by atoms with Crippen LogP contribution in [0.15, 0.2) is 24.3 Å². The van der Waals surface area contributed by atoms with Crippen LogP contribution in [0, 0.1) is 6.92 Å². The summed E-state index contributed by atoms with van der Waals surface area (Å²) in [5.74, 6) is -1.10. The number of nitrogens with one attached hydrogen (secondary N) is 2. The largest absolute Gasteiger partial charge is 0.368 e.